The summed E-state index contributed by atoms with van der Waals surface area (Å²) >= 11 is 0. The van der Waals surface area contributed by atoms with Crippen LogP contribution in [0.25, 0.3) is 10.8 Å². The van der Waals surface area contributed by atoms with E-state index in [4.69, 9.17) is 9.57 Å². The van der Waals surface area contributed by atoms with Gasteiger partial charge in [-0.2, -0.15) is 0 Å². The number of carbonyl (C=O) groups is 1. The van der Waals surface area contributed by atoms with Crippen molar-refractivity contribution in [3.8, 4) is 0 Å². The molecule has 1 amide bonds. The number of hydroxylamine groups is 1. The third-order valence-electron chi connectivity index (χ3n) is 6.30. The smallest absolute Gasteiger partial charge is 0.277 e. The molecule has 0 radical (unpaired) electrons. The Bertz CT molecular complexity index is 1120. The molecule has 2 aliphatic rings. The van der Waals surface area contributed by atoms with Gasteiger partial charge in [0.25, 0.3) is 5.91 Å². The average Bonchev–Trinajstić information content (AvgIpc) is 3.28. The lowest BCUT2D eigenvalue weighted by Crippen LogP contribution is -2.30. The number of amides is 1. The van der Waals surface area contributed by atoms with Crippen molar-refractivity contribution in [3.05, 3.63) is 54.5 Å². The van der Waals surface area contributed by atoms with Gasteiger partial charge in [-0.25, -0.2) is 20.4 Å². The molecule has 34 heavy (non-hydrogen) atoms. The Labute approximate surface area is 198 Å². The van der Waals surface area contributed by atoms with E-state index in [2.05, 4.69) is 56.6 Å². The van der Waals surface area contributed by atoms with Gasteiger partial charge in [0.2, 0.25) is 5.95 Å². The van der Waals surface area contributed by atoms with Gasteiger partial charge >= 0.3 is 0 Å². The standard InChI is InChI=1S/C25H30N6O3/c1-16(2)15-33-9-10-34-30-24(32)18-11-27-25(28-12-18)31-13-20-21(14-31)22(20)29-23-19-6-4-3-5-17(19)7-8-26-23/h3-8,11-12,16,20-22H,9-10,13-15H2,1-2H3,(H,26,29)(H,30,32)/t20-,21+,22?. The lowest BCUT2D eigenvalue weighted by molar-refractivity contribution is -0.00490. The Morgan fingerprint density at radius 2 is 1.85 bits per heavy atom. The van der Waals surface area contributed by atoms with E-state index in [9.17, 15) is 4.79 Å². The van der Waals surface area contributed by atoms with Crippen LogP contribution in [0.4, 0.5) is 11.8 Å². The van der Waals surface area contributed by atoms with Crippen LogP contribution in [-0.2, 0) is 9.57 Å². The number of benzene rings is 1. The maximum absolute atomic E-state index is 12.2. The zero-order chi connectivity index (χ0) is 23.5. The number of pyridine rings is 1. The number of carbonyl (C=O) groups excluding carboxylic acids is 1. The van der Waals surface area contributed by atoms with Crippen LogP contribution in [0.15, 0.2) is 48.9 Å². The van der Waals surface area contributed by atoms with Crippen LogP contribution in [0.2, 0.25) is 0 Å². The van der Waals surface area contributed by atoms with Crippen molar-refractivity contribution in [3.63, 3.8) is 0 Å². The Morgan fingerprint density at radius 1 is 1.09 bits per heavy atom. The van der Waals surface area contributed by atoms with Crippen molar-refractivity contribution in [2.24, 2.45) is 17.8 Å². The molecule has 0 spiro atoms. The molecule has 3 heterocycles. The lowest BCUT2D eigenvalue weighted by Gasteiger charge is -2.20. The second-order valence-electron chi connectivity index (χ2n) is 9.30. The third kappa shape index (κ3) is 4.95. The predicted octanol–water partition coefficient (Wildman–Crippen LogP) is 2.91. The van der Waals surface area contributed by atoms with Gasteiger partial charge in [-0.05, 0) is 17.4 Å². The fraction of sp³-hybridized carbons (Fsp3) is 0.440. The molecule has 1 aliphatic carbocycles. The average molecular weight is 463 g/mol. The predicted molar refractivity (Wildman–Crippen MR) is 129 cm³/mol. The summed E-state index contributed by atoms with van der Waals surface area (Å²) in [7, 11) is 0. The molecule has 1 aromatic carbocycles. The lowest BCUT2D eigenvalue weighted by atomic mass is 10.1. The topological polar surface area (TPSA) is 102 Å². The van der Waals surface area contributed by atoms with Crippen LogP contribution in [-0.4, -0.2) is 59.8 Å². The molecular formula is C25H30N6O3. The van der Waals surface area contributed by atoms with Crippen molar-refractivity contribution in [2.45, 2.75) is 19.9 Å². The maximum Gasteiger partial charge on any atom is 0.277 e. The summed E-state index contributed by atoms with van der Waals surface area (Å²) in [5, 5.41) is 5.98. The van der Waals surface area contributed by atoms with Gasteiger partial charge in [0.1, 0.15) is 5.82 Å². The minimum Gasteiger partial charge on any atom is -0.379 e. The third-order valence-corrected chi connectivity index (χ3v) is 6.30. The van der Waals surface area contributed by atoms with Gasteiger partial charge in [-0.3, -0.25) is 9.63 Å². The van der Waals surface area contributed by atoms with Crippen molar-refractivity contribution in [1.82, 2.24) is 20.4 Å². The molecule has 1 saturated carbocycles. The Morgan fingerprint density at radius 3 is 2.62 bits per heavy atom. The molecule has 2 aromatic heterocycles. The van der Waals surface area contributed by atoms with E-state index in [1.54, 1.807) is 0 Å². The van der Waals surface area contributed by atoms with Crippen LogP contribution >= 0.6 is 0 Å². The van der Waals surface area contributed by atoms with E-state index >= 15 is 0 Å². The first-order valence-electron chi connectivity index (χ1n) is 11.8. The maximum atomic E-state index is 12.2. The number of hydrogen-bond donors (Lipinski definition) is 2. The van der Waals surface area contributed by atoms with Gasteiger partial charge in [-0.15, -0.1) is 0 Å². The van der Waals surface area contributed by atoms with Gasteiger partial charge < -0.3 is 15.0 Å². The molecule has 1 saturated heterocycles. The van der Waals surface area contributed by atoms with Crippen molar-refractivity contribution in [1.29, 1.82) is 0 Å². The van der Waals surface area contributed by atoms with Gasteiger partial charge in [0, 0.05) is 61.6 Å². The number of piperidine rings is 1. The van der Waals surface area contributed by atoms with E-state index in [-0.39, 0.29) is 12.5 Å². The first kappa shape index (κ1) is 22.5. The highest BCUT2D eigenvalue weighted by Gasteiger charge is 2.56. The first-order valence-corrected chi connectivity index (χ1v) is 11.8. The molecule has 0 bridgehead atoms. The fourth-order valence-corrected chi connectivity index (χ4v) is 4.49. The number of fused-ring (bicyclic) bond motifs is 2. The second kappa shape index (κ2) is 9.90. The highest BCUT2D eigenvalue weighted by atomic mass is 16.7. The first-order chi connectivity index (χ1) is 16.6. The molecule has 178 valence electrons. The molecular weight excluding hydrogens is 432 g/mol. The quantitative estimate of drug-likeness (QED) is 0.350. The highest BCUT2D eigenvalue weighted by Crippen LogP contribution is 2.48. The van der Waals surface area contributed by atoms with Crippen molar-refractivity contribution >= 4 is 28.4 Å². The number of nitrogens with zero attached hydrogens (tertiary/aromatic N) is 4. The van der Waals surface area contributed by atoms with Crippen LogP contribution < -0.4 is 15.7 Å². The van der Waals surface area contributed by atoms with E-state index in [1.165, 1.54) is 17.8 Å². The highest BCUT2D eigenvalue weighted by molar-refractivity contribution is 5.93. The molecule has 9 nitrogen and oxygen atoms in total. The van der Waals surface area contributed by atoms with E-state index in [0.717, 1.165) is 24.3 Å². The number of ether oxygens (including phenoxy) is 1. The molecule has 1 aliphatic heterocycles. The van der Waals surface area contributed by atoms with Crippen LogP contribution in [0.5, 0.6) is 0 Å². The van der Waals surface area contributed by atoms with Crippen molar-refractivity contribution in [2.75, 3.05) is 43.1 Å². The SMILES string of the molecule is CC(C)COCCONC(=O)c1cnc(N2C[C@@H]3C(Nc4nccc5ccccc45)[C@@H]3C2)nc1. The van der Waals surface area contributed by atoms with Crippen LogP contribution in [0.3, 0.4) is 0 Å². The van der Waals surface area contributed by atoms with Gasteiger partial charge in [0.15, 0.2) is 0 Å². The summed E-state index contributed by atoms with van der Waals surface area (Å²) < 4.78 is 5.41. The summed E-state index contributed by atoms with van der Waals surface area (Å²) in [5.74, 6) is 2.78. The second-order valence-corrected chi connectivity index (χ2v) is 9.30. The summed E-state index contributed by atoms with van der Waals surface area (Å²) in [6.07, 6.45) is 4.93. The Balaban J connectivity index is 1.08. The summed E-state index contributed by atoms with van der Waals surface area (Å²) in [6, 6.07) is 10.7. The van der Waals surface area contributed by atoms with Gasteiger partial charge in [-0.1, -0.05) is 38.1 Å². The van der Waals surface area contributed by atoms with Crippen molar-refractivity contribution < 1.29 is 14.4 Å². The molecule has 3 aromatic rings. The summed E-state index contributed by atoms with van der Waals surface area (Å²) in [5.41, 5.74) is 2.76. The molecule has 2 N–H and O–H groups in total. The van der Waals surface area contributed by atoms with Gasteiger partial charge in [0.05, 0.1) is 18.8 Å². The Hall–Kier alpha value is -3.30. The van der Waals surface area contributed by atoms with Crippen LogP contribution in [0.1, 0.15) is 24.2 Å². The minimum absolute atomic E-state index is 0.289. The molecule has 1 unspecified atom stereocenters. The summed E-state index contributed by atoms with van der Waals surface area (Å²) in [6.45, 7) is 7.32. The number of aromatic nitrogens is 3. The molecule has 5 rings (SSSR count). The number of nitrogens with one attached hydrogen (secondary N) is 2. The molecule has 2 fully saturated rings. The van der Waals surface area contributed by atoms with E-state index < -0.39 is 0 Å². The minimum atomic E-state index is -0.369. The summed E-state index contributed by atoms with van der Waals surface area (Å²) in [4.78, 5) is 32.9. The number of anilines is 2. The number of rotatable bonds is 10. The molecule has 3 atom stereocenters. The fourth-order valence-electron chi connectivity index (χ4n) is 4.49. The zero-order valence-corrected chi connectivity index (χ0v) is 19.5. The zero-order valence-electron chi connectivity index (χ0n) is 19.5. The molecule has 9 heteroatoms. The normalized spacial score (nSPS) is 21.0. The monoisotopic (exact) mass is 462 g/mol. The largest absolute Gasteiger partial charge is 0.379 e. The Kier molecular flexibility index (Phi) is 6.55. The van der Waals surface area contributed by atoms with E-state index in [0.29, 0.717) is 48.5 Å². The van der Waals surface area contributed by atoms with E-state index in [1.807, 2.05) is 24.4 Å². The van der Waals surface area contributed by atoms with Crippen LogP contribution in [0, 0.1) is 17.8 Å². The number of hydrogen-bond acceptors (Lipinski definition) is 8.